The van der Waals surface area contributed by atoms with E-state index in [0.717, 1.165) is 28.2 Å². The third-order valence-corrected chi connectivity index (χ3v) is 3.56. The number of benzene rings is 2. The quantitative estimate of drug-likeness (QED) is 0.718. The minimum absolute atomic E-state index is 0.0996. The summed E-state index contributed by atoms with van der Waals surface area (Å²) in [5.41, 5.74) is 4.77. The van der Waals surface area contributed by atoms with E-state index in [9.17, 15) is 4.79 Å². The summed E-state index contributed by atoms with van der Waals surface area (Å²) in [7, 11) is 0. The van der Waals surface area contributed by atoms with Crippen molar-refractivity contribution < 1.29 is 4.79 Å². The summed E-state index contributed by atoms with van der Waals surface area (Å²) < 4.78 is 0. The van der Waals surface area contributed by atoms with E-state index in [4.69, 9.17) is 11.6 Å². The van der Waals surface area contributed by atoms with Crippen LogP contribution >= 0.6 is 11.6 Å². The van der Waals surface area contributed by atoms with Crippen LogP contribution in [0.3, 0.4) is 0 Å². The Hall–Kier alpha value is -2.20. The number of anilines is 3. The Labute approximate surface area is 142 Å². The molecule has 0 aliphatic heterocycles. The van der Waals surface area contributed by atoms with Gasteiger partial charge in [0, 0.05) is 17.4 Å². The van der Waals surface area contributed by atoms with E-state index in [-0.39, 0.29) is 12.1 Å². The lowest BCUT2D eigenvalue weighted by Gasteiger charge is -2.14. The molecule has 0 heterocycles. The second kappa shape index (κ2) is 7.38. The van der Waals surface area contributed by atoms with Crippen molar-refractivity contribution in [2.24, 2.45) is 0 Å². The van der Waals surface area contributed by atoms with Gasteiger partial charge in [-0.2, -0.15) is 0 Å². The highest BCUT2D eigenvalue weighted by molar-refractivity contribution is 6.33. The van der Waals surface area contributed by atoms with Crippen molar-refractivity contribution >= 4 is 34.7 Å². The Bertz CT molecular complexity index is 673. The molecule has 0 saturated carbocycles. The van der Waals surface area contributed by atoms with Crippen molar-refractivity contribution in [3.05, 3.63) is 52.5 Å². The molecule has 0 bridgehead atoms. The SMILES string of the molecule is Cc1cc(C)c(Nc2ccc(NC(=O)NC(C)C)cc2)c(Cl)c1. The van der Waals surface area contributed by atoms with E-state index in [1.165, 1.54) is 0 Å². The van der Waals surface area contributed by atoms with Crippen LogP contribution in [0.1, 0.15) is 25.0 Å². The standard InChI is InChI=1S/C18H22ClN3O/c1-11(2)20-18(23)22-15-7-5-14(6-8-15)21-17-13(4)9-12(3)10-16(17)19/h5-11,21H,1-4H3,(H2,20,22,23). The zero-order valence-electron chi connectivity index (χ0n) is 13.8. The fraction of sp³-hybridized carbons (Fsp3) is 0.278. The normalized spacial score (nSPS) is 10.5. The van der Waals surface area contributed by atoms with Crippen LogP contribution in [0.4, 0.5) is 21.9 Å². The van der Waals surface area contributed by atoms with Gasteiger partial charge >= 0.3 is 6.03 Å². The summed E-state index contributed by atoms with van der Waals surface area (Å²) in [6.07, 6.45) is 0. The first-order valence-corrected chi connectivity index (χ1v) is 7.94. The lowest BCUT2D eigenvalue weighted by molar-refractivity contribution is 0.250. The molecule has 0 unspecified atom stereocenters. The van der Waals surface area contributed by atoms with E-state index < -0.39 is 0 Å². The minimum atomic E-state index is -0.210. The summed E-state index contributed by atoms with van der Waals surface area (Å²) in [5, 5.41) is 9.59. The molecule has 23 heavy (non-hydrogen) atoms. The first-order chi connectivity index (χ1) is 10.8. The summed E-state index contributed by atoms with van der Waals surface area (Å²) in [6.45, 7) is 7.87. The van der Waals surface area contributed by atoms with Crippen molar-refractivity contribution in [3.8, 4) is 0 Å². The van der Waals surface area contributed by atoms with E-state index in [1.54, 1.807) is 0 Å². The molecular formula is C18H22ClN3O. The Balaban J connectivity index is 2.07. The molecule has 0 aromatic heterocycles. The van der Waals surface area contributed by atoms with Gasteiger partial charge in [-0.15, -0.1) is 0 Å². The number of carbonyl (C=O) groups is 1. The van der Waals surface area contributed by atoms with Crippen LogP contribution in [0.25, 0.3) is 0 Å². The fourth-order valence-corrected chi connectivity index (χ4v) is 2.65. The summed E-state index contributed by atoms with van der Waals surface area (Å²) in [6, 6.07) is 11.4. The zero-order valence-corrected chi connectivity index (χ0v) is 14.6. The van der Waals surface area contributed by atoms with E-state index in [2.05, 4.69) is 22.0 Å². The van der Waals surface area contributed by atoms with Crippen molar-refractivity contribution in [2.45, 2.75) is 33.7 Å². The second-order valence-electron chi connectivity index (χ2n) is 5.89. The maximum Gasteiger partial charge on any atom is 0.319 e. The molecule has 2 aromatic rings. The maximum atomic E-state index is 11.7. The van der Waals surface area contributed by atoms with Gasteiger partial charge in [0.15, 0.2) is 0 Å². The molecule has 2 aromatic carbocycles. The molecule has 0 fully saturated rings. The second-order valence-corrected chi connectivity index (χ2v) is 6.30. The van der Waals surface area contributed by atoms with Gasteiger partial charge in [0.05, 0.1) is 10.7 Å². The van der Waals surface area contributed by atoms with Crippen LogP contribution in [0.2, 0.25) is 5.02 Å². The van der Waals surface area contributed by atoms with Crippen LogP contribution in [0.15, 0.2) is 36.4 Å². The third kappa shape index (κ3) is 4.89. The van der Waals surface area contributed by atoms with Gasteiger partial charge < -0.3 is 16.0 Å². The number of urea groups is 1. The first-order valence-electron chi connectivity index (χ1n) is 7.56. The molecule has 0 saturated heterocycles. The van der Waals surface area contributed by atoms with Gasteiger partial charge in [-0.1, -0.05) is 17.7 Å². The highest BCUT2D eigenvalue weighted by Crippen LogP contribution is 2.30. The van der Waals surface area contributed by atoms with Crippen molar-refractivity contribution in [1.29, 1.82) is 0 Å². The maximum absolute atomic E-state index is 11.7. The van der Waals surface area contributed by atoms with Crippen LogP contribution in [-0.2, 0) is 0 Å². The topological polar surface area (TPSA) is 53.2 Å². The highest BCUT2D eigenvalue weighted by Gasteiger charge is 2.07. The van der Waals surface area contributed by atoms with E-state index in [1.807, 2.05) is 58.0 Å². The average Bonchev–Trinajstić information content (AvgIpc) is 2.43. The number of aryl methyl sites for hydroxylation is 2. The third-order valence-electron chi connectivity index (χ3n) is 3.26. The van der Waals surface area contributed by atoms with Gasteiger partial charge in [-0.05, 0) is 69.2 Å². The molecular weight excluding hydrogens is 310 g/mol. The number of amides is 2. The number of rotatable bonds is 4. The number of hydrogen-bond acceptors (Lipinski definition) is 2. The summed E-state index contributed by atoms with van der Waals surface area (Å²) in [5.74, 6) is 0. The first kappa shape index (κ1) is 17.2. The Kier molecular flexibility index (Phi) is 5.50. The van der Waals surface area contributed by atoms with Gasteiger partial charge in [-0.25, -0.2) is 4.79 Å². The molecule has 0 aliphatic rings. The molecule has 0 aliphatic carbocycles. The molecule has 122 valence electrons. The average molecular weight is 332 g/mol. The molecule has 5 heteroatoms. The molecule has 0 atom stereocenters. The van der Waals surface area contributed by atoms with Gasteiger partial charge in [0.1, 0.15) is 0 Å². The zero-order chi connectivity index (χ0) is 17.0. The highest BCUT2D eigenvalue weighted by atomic mass is 35.5. The molecule has 2 amide bonds. The van der Waals surface area contributed by atoms with Crippen molar-refractivity contribution in [3.63, 3.8) is 0 Å². The minimum Gasteiger partial charge on any atom is -0.354 e. The van der Waals surface area contributed by atoms with Gasteiger partial charge in [-0.3, -0.25) is 0 Å². The smallest absolute Gasteiger partial charge is 0.319 e. The Morgan fingerprint density at radius 2 is 1.65 bits per heavy atom. The van der Waals surface area contributed by atoms with Gasteiger partial charge in [0.2, 0.25) is 0 Å². The van der Waals surface area contributed by atoms with Crippen LogP contribution in [0, 0.1) is 13.8 Å². The molecule has 3 N–H and O–H groups in total. The van der Waals surface area contributed by atoms with Gasteiger partial charge in [0.25, 0.3) is 0 Å². The molecule has 0 radical (unpaired) electrons. The summed E-state index contributed by atoms with van der Waals surface area (Å²) >= 11 is 6.31. The monoisotopic (exact) mass is 331 g/mol. The lowest BCUT2D eigenvalue weighted by atomic mass is 10.1. The predicted molar refractivity (Wildman–Crippen MR) is 97.9 cm³/mol. The van der Waals surface area contributed by atoms with Crippen molar-refractivity contribution in [1.82, 2.24) is 5.32 Å². The molecule has 2 rings (SSSR count). The van der Waals surface area contributed by atoms with Crippen LogP contribution < -0.4 is 16.0 Å². The summed E-state index contributed by atoms with van der Waals surface area (Å²) in [4.78, 5) is 11.7. The number of carbonyl (C=O) groups excluding carboxylic acids is 1. The fourth-order valence-electron chi connectivity index (χ4n) is 2.28. The van der Waals surface area contributed by atoms with Crippen molar-refractivity contribution in [2.75, 3.05) is 10.6 Å². The lowest BCUT2D eigenvalue weighted by Crippen LogP contribution is -2.34. The number of nitrogens with one attached hydrogen (secondary N) is 3. The van der Waals surface area contributed by atoms with E-state index >= 15 is 0 Å². The Morgan fingerprint density at radius 1 is 1.04 bits per heavy atom. The van der Waals surface area contributed by atoms with Crippen LogP contribution in [0.5, 0.6) is 0 Å². The largest absolute Gasteiger partial charge is 0.354 e. The van der Waals surface area contributed by atoms with E-state index in [0.29, 0.717) is 5.02 Å². The molecule has 0 spiro atoms. The number of halogens is 1. The molecule has 4 nitrogen and oxygen atoms in total. The predicted octanol–water partition coefficient (Wildman–Crippen LogP) is 5.23. The Morgan fingerprint density at radius 3 is 2.22 bits per heavy atom. The number of hydrogen-bond donors (Lipinski definition) is 3. The van der Waals surface area contributed by atoms with Crippen LogP contribution in [-0.4, -0.2) is 12.1 Å².